The Hall–Kier alpha value is -1.07. The fraction of sp³-hybridized carbons (Fsp3) is 0.700. The molecular weight excluding hydrogens is 194 g/mol. The van der Waals surface area contributed by atoms with Crippen LogP contribution in [0.15, 0.2) is 6.07 Å². The number of aromatic nitrogens is 2. The summed E-state index contributed by atoms with van der Waals surface area (Å²) in [4.78, 5) is 0. The van der Waals surface area contributed by atoms with Gasteiger partial charge < -0.3 is 15.2 Å². The maximum atomic E-state index is 5.85. The summed E-state index contributed by atoms with van der Waals surface area (Å²) in [7, 11) is 1.68. The Morgan fingerprint density at radius 3 is 3.07 bits per heavy atom. The lowest BCUT2D eigenvalue weighted by atomic mass is 9.91. The molecule has 1 atom stereocenters. The average Bonchev–Trinajstić information content (AvgIpc) is 2.67. The van der Waals surface area contributed by atoms with Crippen molar-refractivity contribution in [3.05, 3.63) is 11.8 Å². The SMILES string of the molecule is COCC1(c2cc(N)n[nH]2)CCCCO1. The molecule has 1 aliphatic rings. The number of hydrogen-bond donors (Lipinski definition) is 2. The lowest BCUT2D eigenvalue weighted by Crippen LogP contribution is -2.38. The largest absolute Gasteiger partial charge is 0.382 e. The van der Waals surface area contributed by atoms with Crippen LogP contribution in [0.4, 0.5) is 5.82 Å². The van der Waals surface area contributed by atoms with Crippen LogP contribution >= 0.6 is 0 Å². The molecule has 1 saturated heterocycles. The zero-order valence-corrected chi connectivity index (χ0v) is 8.95. The average molecular weight is 211 g/mol. The summed E-state index contributed by atoms with van der Waals surface area (Å²) in [6.45, 7) is 1.30. The summed E-state index contributed by atoms with van der Waals surface area (Å²) < 4.78 is 11.1. The molecule has 84 valence electrons. The highest BCUT2D eigenvalue weighted by molar-refractivity contribution is 5.31. The first kappa shape index (κ1) is 10.4. The normalized spacial score (nSPS) is 26.7. The van der Waals surface area contributed by atoms with Crippen LogP contribution in [0.25, 0.3) is 0 Å². The second kappa shape index (κ2) is 4.20. The number of nitrogen functional groups attached to an aromatic ring is 1. The molecular formula is C10H17N3O2. The zero-order valence-electron chi connectivity index (χ0n) is 8.95. The van der Waals surface area contributed by atoms with Crippen LogP contribution in [0.2, 0.25) is 0 Å². The summed E-state index contributed by atoms with van der Waals surface area (Å²) >= 11 is 0. The lowest BCUT2D eigenvalue weighted by Gasteiger charge is -2.35. The second-order valence-electron chi connectivity index (χ2n) is 3.94. The van der Waals surface area contributed by atoms with Gasteiger partial charge in [-0.3, -0.25) is 5.10 Å². The predicted molar refractivity (Wildman–Crippen MR) is 56.4 cm³/mol. The minimum atomic E-state index is -0.377. The third-order valence-electron chi connectivity index (χ3n) is 2.82. The van der Waals surface area contributed by atoms with E-state index in [9.17, 15) is 0 Å². The minimum Gasteiger partial charge on any atom is -0.382 e. The summed E-state index contributed by atoms with van der Waals surface area (Å²) in [5, 5.41) is 6.86. The molecule has 2 rings (SSSR count). The number of nitrogens with one attached hydrogen (secondary N) is 1. The molecule has 1 unspecified atom stereocenters. The van der Waals surface area contributed by atoms with E-state index in [1.54, 1.807) is 7.11 Å². The van der Waals surface area contributed by atoms with Gasteiger partial charge >= 0.3 is 0 Å². The number of methoxy groups -OCH3 is 1. The summed E-state index contributed by atoms with van der Waals surface area (Å²) in [6.07, 6.45) is 3.19. The first-order valence-electron chi connectivity index (χ1n) is 5.21. The number of anilines is 1. The van der Waals surface area contributed by atoms with Crippen LogP contribution in [0, 0.1) is 0 Å². The van der Waals surface area contributed by atoms with Gasteiger partial charge in [-0.1, -0.05) is 0 Å². The van der Waals surface area contributed by atoms with Gasteiger partial charge in [-0.15, -0.1) is 0 Å². The van der Waals surface area contributed by atoms with Crippen molar-refractivity contribution in [2.24, 2.45) is 0 Å². The Morgan fingerprint density at radius 2 is 2.53 bits per heavy atom. The van der Waals surface area contributed by atoms with E-state index in [4.69, 9.17) is 15.2 Å². The lowest BCUT2D eigenvalue weighted by molar-refractivity contribution is -0.124. The molecule has 0 bridgehead atoms. The van der Waals surface area contributed by atoms with Gasteiger partial charge in [0.1, 0.15) is 11.4 Å². The molecule has 0 saturated carbocycles. The van der Waals surface area contributed by atoms with Crippen LogP contribution in [-0.2, 0) is 15.1 Å². The number of ether oxygens (including phenoxy) is 2. The number of aromatic amines is 1. The van der Waals surface area contributed by atoms with Crippen molar-refractivity contribution in [1.29, 1.82) is 0 Å². The predicted octanol–water partition coefficient (Wildman–Crippen LogP) is 1.03. The van der Waals surface area contributed by atoms with E-state index in [0.717, 1.165) is 31.6 Å². The minimum absolute atomic E-state index is 0.377. The first-order valence-corrected chi connectivity index (χ1v) is 5.21. The topological polar surface area (TPSA) is 73.2 Å². The number of hydrogen-bond acceptors (Lipinski definition) is 4. The molecule has 1 aromatic heterocycles. The molecule has 5 nitrogen and oxygen atoms in total. The first-order chi connectivity index (χ1) is 7.27. The molecule has 0 aromatic carbocycles. The van der Waals surface area contributed by atoms with Crippen molar-refractivity contribution >= 4 is 5.82 Å². The van der Waals surface area contributed by atoms with Crippen LogP contribution in [0.1, 0.15) is 25.0 Å². The highest BCUT2D eigenvalue weighted by atomic mass is 16.5. The van der Waals surface area contributed by atoms with E-state index in [1.165, 1.54) is 0 Å². The molecule has 1 fully saturated rings. The van der Waals surface area contributed by atoms with Crippen molar-refractivity contribution in [2.45, 2.75) is 24.9 Å². The smallest absolute Gasteiger partial charge is 0.145 e. The number of nitrogens with two attached hydrogens (primary N) is 1. The van der Waals surface area contributed by atoms with Gasteiger partial charge in [-0.25, -0.2) is 0 Å². The van der Waals surface area contributed by atoms with Gasteiger partial charge in [0, 0.05) is 19.8 Å². The molecule has 5 heteroatoms. The van der Waals surface area contributed by atoms with Crippen LogP contribution < -0.4 is 5.73 Å². The molecule has 1 aliphatic heterocycles. The molecule has 0 radical (unpaired) electrons. The van der Waals surface area contributed by atoms with E-state index in [-0.39, 0.29) is 5.60 Å². The van der Waals surface area contributed by atoms with Crippen LogP contribution in [0.5, 0.6) is 0 Å². The summed E-state index contributed by atoms with van der Waals surface area (Å²) in [5.41, 5.74) is 6.14. The molecule has 2 heterocycles. The van der Waals surface area contributed by atoms with Crippen molar-refractivity contribution in [1.82, 2.24) is 10.2 Å². The Balaban J connectivity index is 2.24. The van der Waals surface area contributed by atoms with Crippen LogP contribution in [-0.4, -0.2) is 30.5 Å². The van der Waals surface area contributed by atoms with Gasteiger partial charge in [0.15, 0.2) is 0 Å². The fourth-order valence-corrected chi connectivity index (χ4v) is 2.06. The Bertz CT molecular complexity index is 313. The standard InChI is InChI=1S/C10H17N3O2/c1-14-7-10(4-2-3-5-15-10)8-6-9(11)13-12-8/h6H,2-5,7H2,1H3,(H3,11,12,13). The molecule has 0 amide bonds. The van der Waals surface area contributed by atoms with Crippen molar-refractivity contribution in [3.63, 3.8) is 0 Å². The maximum absolute atomic E-state index is 5.85. The Labute approximate surface area is 88.9 Å². The third kappa shape index (κ3) is 1.98. The van der Waals surface area contributed by atoms with Gasteiger partial charge in [0.05, 0.1) is 12.3 Å². The van der Waals surface area contributed by atoms with Gasteiger partial charge in [-0.2, -0.15) is 5.10 Å². The highest BCUT2D eigenvalue weighted by Crippen LogP contribution is 2.34. The molecule has 0 spiro atoms. The van der Waals surface area contributed by atoms with Crippen molar-refractivity contribution in [2.75, 3.05) is 26.1 Å². The van der Waals surface area contributed by atoms with Crippen molar-refractivity contribution < 1.29 is 9.47 Å². The molecule has 1 aromatic rings. The Kier molecular flexibility index (Phi) is 2.93. The molecule has 0 aliphatic carbocycles. The maximum Gasteiger partial charge on any atom is 0.145 e. The summed E-state index contributed by atoms with van der Waals surface area (Å²) in [5.74, 6) is 0.495. The van der Waals surface area contributed by atoms with E-state index in [0.29, 0.717) is 12.4 Å². The second-order valence-corrected chi connectivity index (χ2v) is 3.94. The Morgan fingerprint density at radius 1 is 1.67 bits per heavy atom. The van der Waals surface area contributed by atoms with E-state index < -0.39 is 0 Å². The number of rotatable bonds is 3. The molecule has 3 N–H and O–H groups in total. The van der Waals surface area contributed by atoms with Gasteiger partial charge in [0.25, 0.3) is 0 Å². The highest BCUT2D eigenvalue weighted by Gasteiger charge is 2.37. The zero-order chi connectivity index (χ0) is 10.7. The summed E-state index contributed by atoms with van der Waals surface area (Å²) in [6, 6.07) is 1.82. The van der Waals surface area contributed by atoms with E-state index in [2.05, 4.69) is 10.2 Å². The fourth-order valence-electron chi connectivity index (χ4n) is 2.06. The monoisotopic (exact) mass is 211 g/mol. The van der Waals surface area contributed by atoms with E-state index in [1.807, 2.05) is 6.07 Å². The van der Waals surface area contributed by atoms with Crippen molar-refractivity contribution in [3.8, 4) is 0 Å². The molecule has 15 heavy (non-hydrogen) atoms. The van der Waals surface area contributed by atoms with Crippen LogP contribution in [0.3, 0.4) is 0 Å². The number of nitrogens with zero attached hydrogens (tertiary/aromatic N) is 1. The quantitative estimate of drug-likeness (QED) is 0.783. The third-order valence-corrected chi connectivity index (χ3v) is 2.82. The van der Waals surface area contributed by atoms with Gasteiger partial charge in [0.2, 0.25) is 0 Å². The van der Waals surface area contributed by atoms with E-state index >= 15 is 0 Å². The van der Waals surface area contributed by atoms with Gasteiger partial charge in [-0.05, 0) is 19.3 Å². The number of H-pyrrole nitrogens is 1.